The molecule has 3 atom stereocenters. The van der Waals surface area contributed by atoms with Crippen LogP contribution in [-0.2, 0) is 25.0 Å². The van der Waals surface area contributed by atoms with Crippen molar-refractivity contribution in [2.75, 3.05) is 0 Å². The van der Waals surface area contributed by atoms with Gasteiger partial charge in [0.1, 0.15) is 0 Å². The second-order valence-electron chi connectivity index (χ2n) is 3.72. The number of hydrogen-bond donors (Lipinski definition) is 0. The van der Waals surface area contributed by atoms with E-state index in [1.165, 1.54) is 32.1 Å². The molecule has 0 aromatic rings. The third-order valence-corrected chi connectivity index (χ3v) is 18.1. The average Bonchev–Trinajstić information content (AvgIpc) is 2.33. The quantitative estimate of drug-likeness (QED) is 0.439. The topological polar surface area (TPSA) is 9.23 Å². The predicted molar refractivity (Wildman–Crippen MR) is 49.5 cm³/mol. The van der Waals surface area contributed by atoms with Gasteiger partial charge in [-0.2, -0.15) is 0 Å². The molecule has 0 saturated carbocycles. The van der Waals surface area contributed by atoms with E-state index in [-0.39, 0.29) is 0 Å². The minimum absolute atomic E-state index is 0.517. The van der Waals surface area contributed by atoms with Gasteiger partial charge in [-0.05, 0) is 0 Å². The van der Waals surface area contributed by atoms with Gasteiger partial charge in [-0.3, -0.25) is 0 Å². The first-order valence-electron chi connectivity index (χ1n) is 4.61. The van der Waals surface area contributed by atoms with Gasteiger partial charge in [0.15, 0.2) is 0 Å². The van der Waals surface area contributed by atoms with Gasteiger partial charge in [-0.1, -0.05) is 0 Å². The number of ether oxygens (including phenoxy) is 1. The van der Waals surface area contributed by atoms with Gasteiger partial charge >= 0.3 is 90.4 Å². The van der Waals surface area contributed by atoms with Crippen molar-refractivity contribution in [1.29, 1.82) is 0 Å². The van der Waals surface area contributed by atoms with Crippen LogP contribution in [0.4, 0.5) is 0 Å². The number of hydrogen-bond acceptors (Lipinski definition) is 1. The molecule has 1 nitrogen and oxygen atoms in total. The number of fused-ring (bicyclic) bond motifs is 2. The van der Waals surface area contributed by atoms with Crippen LogP contribution in [-0.4, -0.2) is 12.2 Å². The fourth-order valence-electron chi connectivity index (χ4n) is 2.26. The number of halogens is 1. The zero-order valence-corrected chi connectivity index (χ0v) is 14.4. The van der Waals surface area contributed by atoms with E-state index in [1.54, 1.807) is 0 Å². The summed E-state index contributed by atoms with van der Waals surface area (Å²) in [6.07, 6.45) is 8.46. The van der Waals surface area contributed by atoms with E-state index in [9.17, 15) is 0 Å². The molecule has 2 aliphatic heterocycles. The summed E-state index contributed by atoms with van der Waals surface area (Å²) in [6.45, 7) is 0. The van der Waals surface area contributed by atoms with Gasteiger partial charge in [0.05, 0.1) is 0 Å². The van der Waals surface area contributed by atoms with Crippen molar-refractivity contribution in [2.24, 2.45) is 0 Å². The fraction of sp³-hybridized carbons (Fsp3) is 1.00. The van der Waals surface area contributed by atoms with Crippen LogP contribution in [0.5, 0.6) is 0 Å². The van der Waals surface area contributed by atoms with Crippen molar-refractivity contribution >= 4 is 17.7 Å². The SMILES string of the molecule is [I][Hg][CH]1CCCC2CCC1O2. The molecule has 0 aliphatic carbocycles. The Hall–Kier alpha value is 1.63. The molecule has 3 heteroatoms. The van der Waals surface area contributed by atoms with Crippen molar-refractivity contribution in [2.45, 2.75) is 47.7 Å². The Labute approximate surface area is 89.4 Å². The van der Waals surface area contributed by atoms with Crippen molar-refractivity contribution < 1.29 is 25.0 Å². The maximum atomic E-state index is 5.98. The Morgan fingerprint density at radius 1 is 1.18 bits per heavy atom. The van der Waals surface area contributed by atoms with Gasteiger partial charge in [0.25, 0.3) is 0 Å². The molecule has 3 unspecified atom stereocenters. The third-order valence-electron chi connectivity index (χ3n) is 2.97. The molecule has 2 heterocycles. The van der Waals surface area contributed by atoms with Crippen LogP contribution < -0.4 is 0 Å². The Morgan fingerprint density at radius 2 is 2.09 bits per heavy atom. The van der Waals surface area contributed by atoms with Crippen LogP contribution in [0.2, 0.25) is 3.43 Å². The van der Waals surface area contributed by atoms with Crippen molar-refractivity contribution in [1.82, 2.24) is 0 Å². The fourth-order valence-corrected chi connectivity index (χ4v) is 14.9. The van der Waals surface area contributed by atoms with Crippen molar-refractivity contribution in [3.05, 3.63) is 0 Å². The summed E-state index contributed by atoms with van der Waals surface area (Å²) in [6, 6.07) is 0. The van der Waals surface area contributed by atoms with E-state index >= 15 is 0 Å². The van der Waals surface area contributed by atoms with E-state index in [4.69, 9.17) is 4.74 Å². The molecular formula is C8H13HgIO. The summed E-state index contributed by atoms with van der Waals surface area (Å²) in [5, 5.41) is 0. The first-order chi connectivity index (χ1) is 5.40. The normalized spacial score (nSPS) is 43.2. The van der Waals surface area contributed by atoms with E-state index < -0.39 is 20.2 Å². The van der Waals surface area contributed by atoms with Crippen LogP contribution in [0.3, 0.4) is 0 Å². The van der Waals surface area contributed by atoms with Gasteiger partial charge in [-0.15, -0.1) is 0 Å². The Bertz CT molecular complexity index is 142. The van der Waals surface area contributed by atoms with Crippen LogP contribution in [0.1, 0.15) is 32.1 Å². The second kappa shape index (κ2) is 4.22. The molecule has 11 heavy (non-hydrogen) atoms. The van der Waals surface area contributed by atoms with Crippen molar-refractivity contribution in [3.8, 4) is 0 Å². The molecule has 0 spiro atoms. The average molecular weight is 453 g/mol. The van der Waals surface area contributed by atoms with Crippen LogP contribution in [0.25, 0.3) is 0 Å². The van der Waals surface area contributed by atoms with E-state index in [2.05, 4.69) is 17.7 Å². The monoisotopic (exact) mass is 454 g/mol. The van der Waals surface area contributed by atoms with Crippen molar-refractivity contribution in [3.63, 3.8) is 0 Å². The zero-order valence-electron chi connectivity index (χ0n) is 6.76. The van der Waals surface area contributed by atoms with E-state index in [1.807, 2.05) is 0 Å². The molecule has 2 fully saturated rings. The molecule has 0 aromatic carbocycles. The molecule has 2 aliphatic rings. The summed E-state index contributed by atoms with van der Waals surface area (Å²) in [5.41, 5.74) is 0. The Kier molecular flexibility index (Phi) is 3.53. The minimum atomic E-state index is -0.517. The summed E-state index contributed by atoms with van der Waals surface area (Å²) >= 11 is 2.21. The Morgan fingerprint density at radius 3 is 2.91 bits per heavy atom. The molecule has 60 valence electrons. The number of rotatable bonds is 1. The van der Waals surface area contributed by atoms with E-state index in [0.29, 0.717) is 6.10 Å². The molecule has 0 N–H and O–H groups in total. The first kappa shape index (κ1) is 9.19. The summed E-state index contributed by atoms with van der Waals surface area (Å²) in [7, 11) is 0. The Balaban J connectivity index is 2.00. The standard InChI is InChI=1S/C8H13O.Hg.HI/c1-2-4-8-6-5-7(3-1)9-8;;/h3,7-8H,1-2,4-6H2;;1H/q;+1;/p-1. The van der Waals surface area contributed by atoms with Crippen LogP contribution >= 0.6 is 17.7 Å². The van der Waals surface area contributed by atoms with Gasteiger partial charge in [0, 0.05) is 0 Å². The summed E-state index contributed by atoms with van der Waals surface area (Å²) in [4.78, 5) is 0. The summed E-state index contributed by atoms with van der Waals surface area (Å²) in [5.74, 6) is 0. The van der Waals surface area contributed by atoms with Crippen LogP contribution in [0.15, 0.2) is 0 Å². The van der Waals surface area contributed by atoms with Gasteiger partial charge in [0.2, 0.25) is 0 Å². The van der Waals surface area contributed by atoms with Gasteiger partial charge < -0.3 is 0 Å². The molecule has 0 radical (unpaired) electrons. The van der Waals surface area contributed by atoms with Crippen LogP contribution in [0, 0.1) is 0 Å². The van der Waals surface area contributed by atoms with E-state index in [0.717, 1.165) is 9.53 Å². The first-order valence-corrected chi connectivity index (χ1v) is 23.3. The molecule has 2 bridgehead atoms. The third kappa shape index (κ3) is 2.10. The maximum absolute atomic E-state index is 5.98. The zero-order chi connectivity index (χ0) is 7.68. The molecule has 0 amide bonds. The molecule has 2 rings (SSSR count). The molecule has 0 aromatic heterocycles. The van der Waals surface area contributed by atoms with Gasteiger partial charge in [-0.25, -0.2) is 0 Å². The molecular weight excluding hydrogens is 440 g/mol. The summed E-state index contributed by atoms with van der Waals surface area (Å²) < 4.78 is 7.06. The second-order valence-corrected chi connectivity index (χ2v) is 16.7. The molecule has 2 saturated heterocycles. The predicted octanol–water partition coefficient (Wildman–Crippen LogP) is 2.94.